The smallest absolute Gasteiger partial charge is 0.312 e. The number of anilines is 1. The van der Waals surface area contributed by atoms with Crippen LogP contribution in [0.2, 0.25) is 0 Å². The van der Waals surface area contributed by atoms with E-state index in [1.807, 2.05) is 13.0 Å². The van der Waals surface area contributed by atoms with Gasteiger partial charge in [-0.25, -0.2) is 4.39 Å². The van der Waals surface area contributed by atoms with E-state index in [4.69, 9.17) is 0 Å². The Morgan fingerprint density at radius 3 is 2.41 bits per heavy atom. The fraction of sp³-hybridized carbons (Fsp3) is 0.211. The predicted molar refractivity (Wildman–Crippen MR) is 103 cm³/mol. The maximum absolute atomic E-state index is 12.9. The van der Waals surface area contributed by atoms with Crippen LogP contribution in [0.25, 0.3) is 0 Å². The number of nitrogens with one attached hydrogen (secondary N) is 2. The molecule has 0 heterocycles. The van der Waals surface area contributed by atoms with Crippen LogP contribution in [0.4, 0.5) is 10.1 Å². The van der Waals surface area contributed by atoms with E-state index in [0.717, 1.165) is 14.9 Å². The summed E-state index contributed by atoms with van der Waals surface area (Å²) in [6.07, 6.45) is 0. The summed E-state index contributed by atoms with van der Waals surface area (Å²) in [5.74, 6) is -2.47. The Labute approximate surface area is 164 Å². The van der Waals surface area contributed by atoms with E-state index in [9.17, 15) is 18.8 Å². The summed E-state index contributed by atoms with van der Waals surface area (Å²) in [5.41, 5.74) is 2.15. The zero-order valence-electron chi connectivity index (χ0n) is 14.9. The molecule has 0 aliphatic heterocycles. The standard InChI is InChI=1S/C19H19BrFN3O3/c1-12-9-14(20)5-8-16(12)23-17(25)11-24(2)19(27)18(26)22-10-13-3-6-15(21)7-4-13/h3-9H,10-11H2,1-2H3,(H,22,26)(H,23,25). The van der Waals surface area contributed by atoms with E-state index in [2.05, 4.69) is 26.6 Å². The summed E-state index contributed by atoms with van der Waals surface area (Å²) in [6, 6.07) is 11.0. The largest absolute Gasteiger partial charge is 0.344 e. The van der Waals surface area contributed by atoms with E-state index >= 15 is 0 Å². The lowest BCUT2D eigenvalue weighted by molar-refractivity contribution is -0.145. The lowest BCUT2D eigenvalue weighted by atomic mass is 10.2. The second-order valence-corrected chi connectivity index (χ2v) is 6.89. The molecule has 2 N–H and O–H groups in total. The van der Waals surface area contributed by atoms with Crippen molar-refractivity contribution in [1.29, 1.82) is 0 Å². The molecule has 0 fully saturated rings. The number of carbonyl (C=O) groups excluding carboxylic acids is 3. The van der Waals surface area contributed by atoms with Crippen LogP contribution in [-0.2, 0) is 20.9 Å². The molecule has 0 atom stereocenters. The van der Waals surface area contributed by atoms with Crippen molar-refractivity contribution in [2.45, 2.75) is 13.5 Å². The average Bonchev–Trinajstić information content (AvgIpc) is 2.62. The maximum Gasteiger partial charge on any atom is 0.312 e. The summed E-state index contributed by atoms with van der Waals surface area (Å²) >= 11 is 3.34. The van der Waals surface area contributed by atoms with Crippen molar-refractivity contribution in [3.8, 4) is 0 Å². The summed E-state index contributed by atoms with van der Waals surface area (Å²) in [4.78, 5) is 37.2. The van der Waals surface area contributed by atoms with Gasteiger partial charge in [-0.1, -0.05) is 28.1 Å². The van der Waals surface area contributed by atoms with Gasteiger partial charge in [-0.3, -0.25) is 14.4 Å². The quantitative estimate of drug-likeness (QED) is 0.708. The first-order chi connectivity index (χ1) is 12.8. The van der Waals surface area contributed by atoms with Crippen molar-refractivity contribution < 1.29 is 18.8 Å². The van der Waals surface area contributed by atoms with Crippen molar-refractivity contribution in [1.82, 2.24) is 10.2 Å². The second-order valence-electron chi connectivity index (χ2n) is 5.98. The van der Waals surface area contributed by atoms with Crippen LogP contribution in [0, 0.1) is 12.7 Å². The first-order valence-electron chi connectivity index (χ1n) is 8.10. The third-order valence-corrected chi connectivity index (χ3v) is 4.24. The maximum atomic E-state index is 12.9. The van der Waals surface area contributed by atoms with Crippen molar-refractivity contribution in [3.05, 3.63) is 63.9 Å². The molecule has 3 amide bonds. The number of halogens is 2. The summed E-state index contributed by atoms with van der Waals surface area (Å²) in [5, 5.41) is 5.15. The monoisotopic (exact) mass is 435 g/mol. The number of carbonyl (C=O) groups is 3. The van der Waals surface area contributed by atoms with E-state index < -0.39 is 17.7 Å². The molecule has 2 aromatic rings. The Bertz CT molecular complexity index is 856. The molecule has 0 radical (unpaired) electrons. The number of rotatable bonds is 5. The molecule has 0 unspecified atom stereocenters. The van der Waals surface area contributed by atoms with Gasteiger partial charge in [0.15, 0.2) is 0 Å². The Balaban J connectivity index is 1.85. The van der Waals surface area contributed by atoms with Crippen LogP contribution in [0.3, 0.4) is 0 Å². The van der Waals surface area contributed by atoms with E-state index in [-0.39, 0.29) is 18.9 Å². The molecule has 2 rings (SSSR count). The van der Waals surface area contributed by atoms with Gasteiger partial charge < -0.3 is 15.5 Å². The zero-order chi connectivity index (χ0) is 20.0. The van der Waals surface area contributed by atoms with Gasteiger partial charge in [-0.05, 0) is 48.4 Å². The van der Waals surface area contributed by atoms with Crippen LogP contribution in [-0.4, -0.2) is 36.2 Å². The number of nitrogens with zero attached hydrogens (tertiary/aromatic N) is 1. The van der Waals surface area contributed by atoms with Gasteiger partial charge in [0.2, 0.25) is 5.91 Å². The zero-order valence-corrected chi connectivity index (χ0v) is 16.5. The molecule has 2 aromatic carbocycles. The molecular formula is C19H19BrFN3O3. The number of benzene rings is 2. The van der Waals surface area contributed by atoms with Gasteiger partial charge in [0.25, 0.3) is 0 Å². The minimum atomic E-state index is -0.838. The molecule has 0 aliphatic rings. The average molecular weight is 436 g/mol. The van der Waals surface area contributed by atoms with Crippen molar-refractivity contribution in [2.24, 2.45) is 0 Å². The normalized spacial score (nSPS) is 10.2. The van der Waals surface area contributed by atoms with Gasteiger partial charge in [0.1, 0.15) is 12.4 Å². The van der Waals surface area contributed by atoms with Gasteiger partial charge in [0, 0.05) is 23.8 Å². The van der Waals surface area contributed by atoms with Crippen LogP contribution < -0.4 is 10.6 Å². The van der Waals surface area contributed by atoms with E-state index in [1.54, 1.807) is 12.1 Å². The molecule has 8 heteroatoms. The molecule has 142 valence electrons. The Morgan fingerprint density at radius 1 is 1.11 bits per heavy atom. The molecule has 0 saturated heterocycles. The Kier molecular flexibility index (Phi) is 7.06. The highest BCUT2D eigenvalue weighted by atomic mass is 79.9. The van der Waals surface area contributed by atoms with E-state index in [1.165, 1.54) is 31.3 Å². The van der Waals surface area contributed by atoms with Gasteiger partial charge in [0.05, 0.1) is 0 Å². The fourth-order valence-electron chi connectivity index (χ4n) is 2.28. The van der Waals surface area contributed by atoms with Gasteiger partial charge in [-0.2, -0.15) is 0 Å². The van der Waals surface area contributed by atoms with Crippen molar-refractivity contribution in [3.63, 3.8) is 0 Å². The van der Waals surface area contributed by atoms with Crippen molar-refractivity contribution in [2.75, 3.05) is 18.9 Å². The van der Waals surface area contributed by atoms with E-state index in [0.29, 0.717) is 11.3 Å². The molecule has 0 aliphatic carbocycles. The molecule has 0 aromatic heterocycles. The highest BCUT2D eigenvalue weighted by Crippen LogP contribution is 2.19. The molecule has 6 nitrogen and oxygen atoms in total. The predicted octanol–water partition coefficient (Wildman–Crippen LogP) is 2.61. The first-order valence-corrected chi connectivity index (χ1v) is 8.89. The van der Waals surface area contributed by atoms with Gasteiger partial charge in [-0.15, -0.1) is 0 Å². The summed E-state index contributed by atoms with van der Waals surface area (Å²) in [7, 11) is 1.37. The number of hydrogen-bond donors (Lipinski definition) is 2. The number of hydrogen-bond acceptors (Lipinski definition) is 3. The van der Waals surface area contributed by atoms with Gasteiger partial charge >= 0.3 is 11.8 Å². The molecule has 0 saturated carbocycles. The third-order valence-electron chi connectivity index (χ3n) is 3.75. The lowest BCUT2D eigenvalue weighted by Crippen LogP contribution is -2.43. The lowest BCUT2D eigenvalue weighted by Gasteiger charge is -2.17. The number of amides is 3. The number of aryl methyl sites for hydroxylation is 1. The minimum absolute atomic E-state index is 0.0863. The van der Waals surface area contributed by atoms with Crippen LogP contribution in [0.15, 0.2) is 46.9 Å². The third kappa shape index (κ3) is 6.18. The molecule has 0 spiro atoms. The summed E-state index contributed by atoms with van der Waals surface area (Å²) in [6.45, 7) is 1.67. The Morgan fingerprint density at radius 2 is 1.78 bits per heavy atom. The Hall–Kier alpha value is -2.74. The topological polar surface area (TPSA) is 78.5 Å². The van der Waals surface area contributed by atoms with Crippen molar-refractivity contribution >= 4 is 39.3 Å². The molecular weight excluding hydrogens is 417 g/mol. The number of likely N-dealkylation sites (N-methyl/N-ethyl adjacent to an activating group) is 1. The minimum Gasteiger partial charge on any atom is -0.344 e. The first kappa shape index (κ1) is 20.6. The molecule has 27 heavy (non-hydrogen) atoms. The van der Waals surface area contributed by atoms with Crippen LogP contribution in [0.1, 0.15) is 11.1 Å². The van der Waals surface area contributed by atoms with Crippen LogP contribution in [0.5, 0.6) is 0 Å². The second kappa shape index (κ2) is 9.27. The summed E-state index contributed by atoms with van der Waals surface area (Å²) < 4.78 is 13.7. The van der Waals surface area contributed by atoms with Crippen LogP contribution >= 0.6 is 15.9 Å². The highest BCUT2D eigenvalue weighted by Gasteiger charge is 2.20. The molecule has 0 bridgehead atoms. The fourth-order valence-corrected chi connectivity index (χ4v) is 2.75. The highest BCUT2D eigenvalue weighted by molar-refractivity contribution is 9.10. The SMILES string of the molecule is Cc1cc(Br)ccc1NC(=O)CN(C)C(=O)C(=O)NCc1ccc(F)cc1.